The standard InChI is InChI=1S/C19H19N3O7/c1-10(23)12-6-14-15(29-9-28-14)7-13(12)20-16(24)8-21-17(25)18(26)22(19(21)27)11-4-2-3-5-11/h6-7,11H,2-5,8-9H2,1H3,(H,20,24). The number of ether oxygens (including phenoxy) is 2. The summed E-state index contributed by atoms with van der Waals surface area (Å²) in [5.74, 6) is -2.20. The summed E-state index contributed by atoms with van der Waals surface area (Å²) in [6.07, 6.45) is 3.08. The van der Waals surface area contributed by atoms with Gasteiger partial charge in [-0.3, -0.25) is 24.1 Å². The summed E-state index contributed by atoms with van der Waals surface area (Å²) in [6, 6.07) is 1.82. The summed E-state index contributed by atoms with van der Waals surface area (Å²) in [5.41, 5.74) is 0.371. The number of nitrogens with zero attached hydrogens (tertiary/aromatic N) is 2. The second-order valence-electron chi connectivity index (χ2n) is 7.14. The minimum absolute atomic E-state index is 0.0000276. The monoisotopic (exact) mass is 401 g/mol. The van der Waals surface area contributed by atoms with Gasteiger partial charge >= 0.3 is 17.8 Å². The first-order valence-corrected chi connectivity index (χ1v) is 9.30. The molecule has 0 atom stereocenters. The molecule has 2 aliphatic heterocycles. The van der Waals surface area contributed by atoms with Gasteiger partial charge in [-0.2, -0.15) is 0 Å². The van der Waals surface area contributed by atoms with Crippen molar-refractivity contribution in [1.82, 2.24) is 9.80 Å². The number of hydrogen-bond acceptors (Lipinski definition) is 7. The Kier molecular flexibility index (Phi) is 4.69. The molecule has 3 aliphatic rings. The molecule has 5 amide bonds. The van der Waals surface area contributed by atoms with Crippen molar-refractivity contribution in [3.63, 3.8) is 0 Å². The normalized spacial score (nSPS) is 18.7. The first-order valence-electron chi connectivity index (χ1n) is 9.30. The summed E-state index contributed by atoms with van der Waals surface area (Å²) in [5, 5.41) is 2.52. The van der Waals surface area contributed by atoms with Crippen LogP contribution in [0, 0.1) is 0 Å². The molecule has 0 aromatic heterocycles. The number of carbonyl (C=O) groups excluding carboxylic acids is 5. The Balaban J connectivity index is 1.50. The van der Waals surface area contributed by atoms with E-state index in [1.54, 1.807) is 0 Å². The van der Waals surface area contributed by atoms with Gasteiger partial charge in [-0.15, -0.1) is 0 Å². The number of benzene rings is 1. The van der Waals surface area contributed by atoms with Gasteiger partial charge in [0.15, 0.2) is 17.3 Å². The molecule has 0 unspecified atom stereocenters. The van der Waals surface area contributed by atoms with Crippen LogP contribution in [0.5, 0.6) is 11.5 Å². The van der Waals surface area contributed by atoms with Crippen molar-refractivity contribution in [2.75, 3.05) is 18.7 Å². The maximum absolute atomic E-state index is 12.6. The largest absolute Gasteiger partial charge is 0.454 e. The zero-order chi connectivity index (χ0) is 20.7. The van der Waals surface area contributed by atoms with Crippen molar-refractivity contribution in [3.8, 4) is 11.5 Å². The topological polar surface area (TPSA) is 122 Å². The molecule has 10 nitrogen and oxygen atoms in total. The van der Waals surface area contributed by atoms with E-state index in [0.29, 0.717) is 29.2 Å². The summed E-state index contributed by atoms with van der Waals surface area (Å²) < 4.78 is 10.5. The van der Waals surface area contributed by atoms with E-state index in [4.69, 9.17) is 9.47 Å². The average molecular weight is 401 g/mol. The van der Waals surface area contributed by atoms with Crippen LogP contribution in [0.4, 0.5) is 10.5 Å². The maximum Gasteiger partial charge on any atom is 0.334 e. The number of amides is 5. The number of imide groups is 2. The third-order valence-electron chi connectivity index (χ3n) is 5.24. The van der Waals surface area contributed by atoms with Crippen molar-refractivity contribution in [2.24, 2.45) is 0 Å². The van der Waals surface area contributed by atoms with E-state index in [-0.39, 0.29) is 29.9 Å². The van der Waals surface area contributed by atoms with Crippen molar-refractivity contribution < 1.29 is 33.4 Å². The molecule has 10 heteroatoms. The first-order chi connectivity index (χ1) is 13.9. The van der Waals surface area contributed by atoms with E-state index >= 15 is 0 Å². The number of fused-ring (bicyclic) bond motifs is 1. The second kappa shape index (κ2) is 7.19. The molecular formula is C19H19N3O7. The maximum atomic E-state index is 12.6. The first kappa shape index (κ1) is 18.9. The third-order valence-corrected chi connectivity index (χ3v) is 5.24. The lowest BCUT2D eigenvalue weighted by molar-refractivity contribution is -0.144. The number of ketones is 1. The van der Waals surface area contributed by atoms with Crippen molar-refractivity contribution >= 4 is 35.2 Å². The van der Waals surface area contributed by atoms with E-state index in [1.165, 1.54) is 19.1 Å². The quantitative estimate of drug-likeness (QED) is 0.448. The Bertz CT molecular complexity index is 936. The predicted molar refractivity (Wildman–Crippen MR) is 97.4 cm³/mol. The number of carbonyl (C=O) groups is 5. The highest BCUT2D eigenvalue weighted by molar-refractivity contribution is 6.45. The minimum atomic E-state index is -1.02. The highest BCUT2D eigenvalue weighted by Gasteiger charge is 2.48. The van der Waals surface area contributed by atoms with Crippen molar-refractivity contribution in [2.45, 2.75) is 38.6 Å². The Hall–Kier alpha value is -3.43. The molecular weight excluding hydrogens is 382 g/mol. The molecule has 2 fully saturated rings. The zero-order valence-corrected chi connectivity index (χ0v) is 15.7. The van der Waals surface area contributed by atoms with Gasteiger partial charge < -0.3 is 14.8 Å². The molecule has 1 aliphatic carbocycles. The van der Waals surface area contributed by atoms with Crippen LogP contribution >= 0.6 is 0 Å². The predicted octanol–water partition coefficient (Wildman–Crippen LogP) is 1.29. The van der Waals surface area contributed by atoms with Gasteiger partial charge in [-0.05, 0) is 25.8 Å². The Labute approximate surface area is 165 Å². The Morgan fingerprint density at radius 1 is 1.07 bits per heavy atom. The zero-order valence-electron chi connectivity index (χ0n) is 15.7. The van der Waals surface area contributed by atoms with Gasteiger partial charge in [0.05, 0.1) is 5.69 Å². The molecule has 1 saturated heterocycles. The summed E-state index contributed by atoms with van der Waals surface area (Å²) in [7, 11) is 0. The molecule has 2 heterocycles. The molecule has 0 spiro atoms. The molecule has 4 rings (SSSR count). The lowest BCUT2D eigenvalue weighted by Crippen LogP contribution is -2.41. The lowest BCUT2D eigenvalue weighted by atomic mass is 10.1. The highest BCUT2D eigenvalue weighted by Crippen LogP contribution is 2.37. The molecule has 1 saturated carbocycles. The van der Waals surface area contributed by atoms with Gasteiger partial charge in [0, 0.05) is 17.7 Å². The van der Waals surface area contributed by atoms with Gasteiger partial charge in [0.2, 0.25) is 12.7 Å². The van der Waals surface area contributed by atoms with Gasteiger partial charge in [0.1, 0.15) is 6.54 Å². The van der Waals surface area contributed by atoms with Crippen LogP contribution in [0.25, 0.3) is 0 Å². The van der Waals surface area contributed by atoms with E-state index in [2.05, 4.69) is 5.32 Å². The minimum Gasteiger partial charge on any atom is -0.454 e. The van der Waals surface area contributed by atoms with Crippen LogP contribution in [0.15, 0.2) is 12.1 Å². The van der Waals surface area contributed by atoms with Crippen LogP contribution in [0.2, 0.25) is 0 Å². The second-order valence-corrected chi connectivity index (χ2v) is 7.14. The van der Waals surface area contributed by atoms with E-state index in [0.717, 1.165) is 17.7 Å². The fourth-order valence-corrected chi connectivity index (χ4v) is 3.82. The number of Topliss-reactive ketones (excluding diaryl/α,β-unsaturated/α-hetero) is 1. The van der Waals surface area contributed by atoms with Crippen LogP contribution in [-0.2, 0) is 14.4 Å². The summed E-state index contributed by atoms with van der Waals surface area (Å²) in [4.78, 5) is 63.1. The molecule has 1 aromatic carbocycles. The third kappa shape index (κ3) is 3.30. The summed E-state index contributed by atoms with van der Waals surface area (Å²) in [6.45, 7) is 0.706. The Morgan fingerprint density at radius 2 is 1.72 bits per heavy atom. The van der Waals surface area contributed by atoms with Gasteiger partial charge in [0.25, 0.3) is 0 Å². The SMILES string of the molecule is CC(=O)c1cc2c(cc1NC(=O)CN1C(=O)C(=O)N(C3CCCC3)C1=O)OCO2. The van der Waals surface area contributed by atoms with Crippen LogP contribution in [0.1, 0.15) is 43.0 Å². The van der Waals surface area contributed by atoms with Crippen molar-refractivity contribution in [3.05, 3.63) is 17.7 Å². The van der Waals surface area contributed by atoms with E-state index < -0.39 is 30.3 Å². The van der Waals surface area contributed by atoms with Crippen molar-refractivity contribution in [1.29, 1.82) is 0 Å². The number of rotatable bonds is 5. The van der Waals surface area contributed by atoms with Crippen LogP contribution in [0.3, 0.4) is 0 Å². The molecule has 0 radical (unpaired) electrons. The average Bonchev–Trinajstić information content (AvgIpc) is 3.39. The molecule has 152 valence electrons. The molecule has 1 aromatic rings. The molecule has 29 heavy (non-hydrogen) atoms. The number of nitrogens with one attached hydrogen (secondary N) is 1. The van der Waals surface area contributed by atoms with E-state index in [1.807, 2.05) is 0 Å². The number of urea groups is 1. The number of anilines is 1. The van der Waals surface area contributed by atoms with Gasteiger partial charge in [-0.1, -0.05) is 12.8 Å². The molecule has 0 bridgehead atoms. The fraction of sp³-hybridized carbons (Fsp3) is 0.421. The van der Waals surface area contributed by atoms with Gasteiger partial charge in [-0.25, -0.2) is 9.69 Å². The highest BCUT2D eigenvalue weighted by atomic mass is 16.7. The van der Waals surface area contributed by atoms with E-state index in [9.17, 15) is 24.0 Å². The smallest absolute Gasteiger partial charge is 0.334 e. The fourth-order valence-electron chi connectivity index (χ4n) is 3.82. The lowest BCUT2D eigenvalue weighted by Gasteiger charge is -2.21. The molecule has 1 N–H and O–H groups in total. The van der Waals surface area contributed by atoms with Crippen LogP contribution < -0.4 is 14.8 Å². The Morgan fingerprint density at radius 3 is 2.38 bits per heavy atom. The summed E-state index contributed by atoms with van der Waals surface area (Å²) >= 11 is 0. The van der Waals surface area contributed by atoms with Crippen LogP contribution in [-0.4, -0.2) is 58.7 Å². The number of hydrogen-bond donors (Lipinski definition) is 1.